The van der Waals surface area contributed by atoms with Crippen LogP contribution >= 0.6 is 0 Å². The van der Waals surface area contributed by atoms with Gasteiger partial charge in [-0.1, -0.05) is 19.3 Å². The molecule has 5 heteroatoms. The summed E-state index contributed by atoms with van der Waals surface area (Å²) < 4.78 is 7.97. The van der Waals surface area contributed by atoms with Gasteiger partial charge in [0.25, 0.3) is 0 Å². The van der Waals surface area contributed by atoms with E-state index < -0.39 is 0 Å². The molecule has 1 aliphatic rings. The van der Waals surface area contributed by atoms with E-state index >= 15 is 0 Å². The molecule has 1 unspecified atom stereocenters. The van der Waals surface area contributed by atoms with E-state index in [2.05, 4.69) is 29.2 Å². The molecule has 1 saturated carbocycles. The maximum Gasteiger partial charge on any atom is 0.138 e. The van der Waals surface area contributed by atoms with E-state index in [0.29, 0.717) is 6.04 Å². The lowest BCUT2D eigenvalue weighted by Crippen LogP contribution is -2.53. The molecular weight excluding hydrogens is 252 g/mol. The minimum absolute atomic E-state index is 0.0548. The van der Waals surface area contributed by atoms with E-state index in [1.54, 1.807) is 6.33 Å². The van der Waals surface area contributed by atoms with Crippen molar-refractivity contribution >= 4 is 0 Å². The van der Waals surface area contributed by atoms with Crippen LogP contribution in [0.2, 0.25) is 0 Å². The van der Waals surface area contributed by atoms with Gasteiger partial charge in [-0.15, -0.1) is 0 Å². The summed E-state index contributed by atoms with van der Waals surface area (Å²) in [6.45, 7) is 4.28. The average Bonchev–Trinajstić information content (AvgIpc) is 2.94. The summed E-state index contributed by atoms with van der Waals surface area (Å²) >= 11 is 0. The molecule has 0 saturated heterocycles. The zero-order valence-corrected chi connectivity index (χ0v) is 13.2. The first-order valence-corrected chi connectivity index (χ1v) is 7.74. The quantitative estimate of drug-likeness (QED) is 0.869. The summed E-state index contributed by atoms with van der Waals surface area (Å²) in [6, 6.07) is 0.629. The van der Waals surface area contributed by atoms with Crippen molar-refractivity contribution in [1.82, 2.24) is 20.1 Å². The summed E-state index contributed by atoms with van der Waals surface area (Å²) in [7, 11) is 3.87. The molecule has 5 nitrogen and oxygen atoms in total. The van der Waals surface area contributed by atoms with Gasteiger partial charge in [0.15, 0.2) is 0 Å². The normalized spacial score (nSPS) is 20.2. The van der Waals surface area contributed by atoms with E-state index in [-0.39, 0.29) is 11.6 Å². The lowest BCUT2D eigenvalue weighted by atomic mass is 9.78. The standard InChI is InChI=1S/C15H28N4O/c1-12(2)19-14(17-11-18-19)10-13(16-3)15(20-4)8-6-5-7-9-15/h11-13,16H,5-10H2,1-4H3. The number of hydrogen-bond acceptors (Lipinski definition) is 4. The third-order valence-corrected chi connectivity index (χ3v) is 4.61. The van der Waals surface area contributed by atoms with E-state index in [1.165, 1.54) is 19.3 Å². The first-order valence-electron chi connectivity index (χ1n) is 7.74. The van der Waals surface area contributed by atoms with Gasteiger partial charge in [-0.3, -0.25) is 0 Å². The maximum atomic E-state index is 5.96. The Balaban J connectivity index is 2.17. The zero-order valence-electron chi connectivity index (χ0n) is 13.2. The van der Waals surface area contributed by atoms with Crippen molar-refractivity contribution in [1.29, 1.82) is 0 Å². The highest BCUT2D eigenvalue weighted by Gasteiger charge is 2.40. The van der Waals surface area contributed by atoms with Crippen LogP contribution in [0.4, 0.5) is 0 Å². The molecule has 0 radical (unpaired) electrons. The van der Waals surface area contributed by atoms with Gasteiger partial charge in [0.2, 0.25) is 0 Å². The van der Waals surface area contributed by atoms with Gasteiger partial charge < -0.3 is 10.1 Å². The number of nitrogens with zero attached hydrogens (tertiary/aromatic N) is 3. The molecule has 0 aliphatic heterocycles. The van der Waals surface area contributed by atoms with Gasteiger partial charge in [-0.05, 0) is 33.7 Å². The Hall–Kier alpha value is -0.940. The van der Waals surface area contributed by atoms with Gasteiger partial charge in [0.05, 0.1) is 5.60 Å². The molecule has 1 aliphatic carbocycles. The number of hydrogen-bond donors (Lipinski definition) is 1. The topological polar surface area (TPSA) is 52.0 Å². The first-order chi connectivity index (χ1) is 9.63. The van der Waals surface area contributed by atoms with E-state index in [4.69, 9.17) is 4.74 Å². The van der Waals surface area contributed by atoms with Crippen molar-refractivity contribution in [3.8, 4) is 0 Å². The predicted octanol–water partition coefficient (Wildman–Crippen LogP) is 2.34. The Morgan fingerprint density at radius 3 is 2.60 bits per heavy atom. The Kier molecular flexibility index (Phi) is 5.16. The van der Waals surface area contributed by atoms with E-state index in [1.807, 2.05) is 18.8 Å². The number of rotatable bonds is 6. The molecule has 114 valence electrons. The molecule has 0 spiro atoms. The summed E-state index contributed by atoms with van der Waals surface area (Å²) in [6.07, 6.45) is 8.61. The van der Waals surface area contributed by atoms with Crippen molar-refractivity contribution in [2.24, 2.45) is 0 Å². The third kappa shape index (κ3) is 3.04. The van der Waals surface area contributed by atoms with Crippen molar-refractivity contribution in [2.75, 3.05) is 14.2 Å². The lowest BCUT2D eigenvalue weighted by molar-refractivity contribution is -0.0663. The third-order valence-electron chi connectivity index (χ3n) is 4.61. The molecule has 20 heavy (non-hydrogen) atoms. The summed E-state index contributed by atoms with van der Waals surface area (Å²) in [5.74, 6) is 1.04. The van der Waals surface area contributed by atoms with Gasteiger partial charge in [0.1, 0.15) is 12.2 Å². The molecule has 1 heterocycles. The van der Waals surface area contributed by atoms with Gasteiger partial charge >= 0.3 is 0 Å². The van der Waals surface area contributed by atoms with Crippen molar-refractivity contribution in [2.45, 2.75) is 70.1 Å². The van der Waals surface area contributed by atoms with Crippen LogP contribution in [0, 0.1) is 0 Å². The smallest absolute Gasteiger partial charge is 0.138 e. The summed E-state index contributed by atoms with van der Waals surface area (Å²) in [4.78, 5) is 4.44. The fourth-order valence-corrected chi connectivity index (χ4v) is 3.43. The predicted molar refractivity (Wildman–Crippen MR) is 79.8 cm³/mol. The number of nitrogens with one attached hydrogen (secondary N) is 1. The van der Waals surface area contributed by atoms with Crippen molar-refractivity contribution in [3.05, 3.63) is 12.2 Å². The molecule has 2 rings (SSSR count). The summed E-state index contributed by atoms with van der Waals surface area (Å²) in [5.41, 5.74) is -0.0548. The molecule has 1 atom stereocenters. The fraction of sp³-hybridized carbons (Fsp3) is 0.867. The number of aromatic nitrogens is 3. The minimum atomic E-state index is -0.0548. The monoisotopic (exact) mass is 280 g/mol. The molecule has 0 amide bonds. The van der Waals surface area contributed by atoms with Crippen LogP contribution in [0.3, 0.4) is 0 Å². The highest BCUT2D eigenvalue weighted by atomic mass is 16.5. The highest BCUT2D eigenvalue weighted by molar-refractivity contribution is 5.01. The molecule has 0 aromatic carbocycles. The number of likely N-dealkylation sites (N-methyl/N-ethyl adjacent to an activating group) is 1. The second kappa shape index (κ2) is 6.68. The van der Waals surface area contributed by atoms with Crippen LogP contribution in [-0.2, 0) is 11.2 Å². The van der Waals surface area contributed by atoms with E-state index in [0.717, 1.165) is 25.1 Å². The minimum Gasteiger partial charge on any atom is -0.377 e. The van der Waals surface area contributed by atoms with Crippen molar-refractivity contribution in [3.63, 3.8) is 0 Å². The largest absolute Gasteiger partial charge is 0.377 e. The fourth-order valence-electron chi connectivity index (χ4n) is 3.43. The van der Waals surface area contributed by atoms with Crippen LogP contribution in [0.5, 0.6) is 0 Å². The second-order valence-corrected chi connectivity index (χ2v) is 6.09. The van der Waals surface area contributed by atoms with Gasteiger partial charge in [0, 0.05) is 25.6 Å². The molecular formula is C15H28N4O. The zero-order chi connectivity index (χ0) is 14.6. The Morgan fingerprint density at radius 2 is 2.05 bits per heavy atom. The molecule has 1 aromatic rings. The Labute approximate surface area is 122 Å². The number of ether oxygens (including phenoxy) is 1. The molecule has 1 N–H and O–H groups in total. The van der Waals surface area contributed by atoms with Crippen LogP contribution < -0.4 is 5.32 Å². The van der Waals surface area contributed by atoms with Crippen LogP contribution in [0.15, 0.2) is 6.33 Å². The first kappa shape index (κ1) is 15.4. The van der Waals surface area contributed by atoms with Crippen LogP contribution in [0.1, 0.15) is 57.8 Å². The van der Waals surface area contributed by atoms with Crippen LogP contribution in [0.25, 0.3) is 0 Å². The Morgan fingerprint density at radius 1 is 1.35 bits per heavy atom. The van der Waals surface area contributed by atoms with E-state index in [9.17, 15) is 0 Å². The average molecular weight is 280 g/mol. The lowest BCUT2D eigenvalue weighted by Gasteiger charge is -2.42. The highest BCUT2D eigenvalue weighted by Crippen LogP contribution is 2.35. The van der Waals surface area contributed by atoms with Gasteiger partial charge in [-0.2, -0.15) is 5.10 Å². The SMILES string of the molecule is CNC(Cc1ncnn1C(C)C)C1(OC)CCCCC1. The summed E-state index contributed by atoms with van der Waals surface area (Å²) in [5, 5.41) is 7.80. The molecule has 1 fully saturated rings. The second-order valence-electron chi connectivity index (χ2n) is 6.09. The molecule has 0 bridgehead atoms. The van der Waals surface area contributed by atoms with Crippen molar-refractivity contribution < 1.29 is 4.74 Å². The maximum absolute atomic E-state index is 5.96. The van der Waals surface area contributed by atoms with Gasteiger partial charge in [-0.25, -0.2) is 9.67 Å². The van der Waals surface area contributed by atoms with Crippen LogP contribution in [-0.4, -0.2) is 40.6 Å². The number of methoxy groups -OCH3 is 1. The molecule has 1 aromatic heterocycles. The Bertz CT molecular complexity index is 410.